The summed E-state index contributed by atoms with van der Waals surface area (Å²) in [7, 11) is 4.37. The lowest BCUT2D eigenvalue weighted by Crippen LogP contribution is -2.29. The first-order valence-corrected chi connectivity index (χ1v) is 31.8. The fraction of sp³-hybridized carbons (Fsp3) is 0.294. The molecule has 4 aromatic rings. The monoisotopic (exact) mass is 1600 g/mol. The first-order valence-electron chi connectivity index (χ1n) is 16.1. The molecule has 0 aliphatic carbocycles. The summed E-state index contributed by atoms with van der Waals surface area (Å²) < 4.78 is -27.1. The first-order chi connectivity index (χ1) is 30.2. The van der Waals surface area contributed by atoms with E-state index in [-0.39, 0.29) is 0 Å². The molecule has 0 saturated heterocycles. The van der Waals surface area contributed by atoms with Gasteiger partial charge in [-0.2, -0.15) is 0 Å². The summed E-state index contributed by atoms with van der Waals surface area (Å²) in [5.41, 5.74) is -6.84. The Hall–Kier alpha value is 6.98. The molecule has 0 spiro atoms. The molecule has 0 unspecified atom stereocenters. The zero-order valence-electron chi connectivity index (χ0n) is 30.7. The molecule has 0 amide bonds. The minimum atomic E-state index is -2.72. The smallest absolute Gasteiger partial charge is 0.0784 e. The molecule has 0 radical (unpaired) electrons. The average Bonchev–Trinajstić information content (AvgIpc) is 3.11. The molecule has 0 N–H and O–H groups in total. The van der Waals surface area contributed by atoms with Crippen molar-refractivity contribution in [2.24, 2.45) is 0 Å². The Morgan fingerprint density at radius 3 is 0.485 bits per heavy atom. The quantitative estimate of drug-likeness (QED) is 0.139. The summed E-state index contributed by atoms with van der Waals surface area (Å²) in [5, 5.41) is 0. The molecule has 4 aromatic carbocycles. The second-order valence-corrected chi connectivity index (χ2v) is 39.6. The third kappa shape index (κ3) is 19.0. The SMILES string of the molecule is ClC(Cl)(Cl)c1c(SSc2c(C(Cl)(Cl)Cl)c(C(Cl)(Cl)Cl)c(C(Cl)(Cl)Cl)c(C(Cl)(Cl)Cl)c2C(Cl)(Cl)Cl)c(C(Cl)(Cl)Cl)c(C(Cl)(Cl)Cl)c(C(Cl)(Cl)Cl)c1C(Cl)(Cl)Cl.c1ccc(SSc2ccccc2)cc1. The van der Waals surface area contributed by atoms with Gasteiger partial charge in [0.15, 0.2) is 0 Å². The van der Waals surface area contributed by atoms with E-state index in [9.17, 15) is 0 Å². The van der Waals surface area contributed by atoms with Crippen molar-refractivity contribution in [2.75, 3.05) is 0 Å². The number of alkyl halides is 30. The Morgan fingerprint density at radius 2 is 0.338 bits per heavy atom. The number of hydrogen-bond donors (Lipinski definition) is 0. The molecule has 0 fully saturated rings. The van der Waals surface area contributed by atoms with Crippen molar-refractivity contribution >= 4 is 391 Å². The highest BCUT2D eigenvalue weighted by Gasteiger charge is 2.55. The van der Waals surface area contributed by atoms with Crippen LogP contribution in [0.1, 0.15) is 55.6 Å². The lowest BCUT2D eigenvalue weighted by Gasteiger charge is -2.38. The number of rotatable bonds is 6. The van der Waals surface area contributed by atoms with Crippen LogP contribution in [-0.4, -0.2) is 0 Å². The molecular weight excluding hydrogens is 1600 g/mol. The fourth-order valence-corrected chi connectivity index (χ4v) is 16.9. The van der Waals surface area contributed by atoms with Gasteiger partial charge < -0.3 is 0 Å². The molecule has 380 valence electrons. The fourth-order valence-electron chi connectivity index (χ4n) is 5.54. The number of hydrogen-bond acceptors (Lipinski definition) is 4. The predicted molar refractivity (Wildman–Crippen MR) is 322 cm³/mol. The maximum absolute atomic E-state index is 6.52. The van der Waals surface area contributed by atoms with Crippen molar-refractivity contribution in [1.29, 1.82) is 0 Å². The van der Waals surface area contributed by atoms with Crippen LogP contribution in [0, 0.1) is 0 Å². The maximum Gasteiger partial charge on any atom is 0.217 e. The summed E-state index contributed by atoms with van der Waals surface area (Å²) in [6.07, 6.45) is 0. The molecule has 0 bridgehead atoms. The van der Waals surface area contributed by atoms with Crippen LogP contribution in [0.15, 0.2) is 80.2 Å². The van der Waals surface area contributed by atoms with Crippen LogP contribution in [0.25, 0.3) is 0 Å². The second kappa shape index (κ2) is 26.1. The van der Waals surface area contributed by atoms with E-state index < -0.39 is 103 Å². The Morgan fingerprint density at radius 1 is 0.191 bits per heavy atom. The highest BCUT2D eigenvalue weighted by Crippen LogP contribution is 2.69. The van der Waals surface area contributed by atoms with Gasteiger partial charge in [-0.1, -0.05) is 428 Å². The van der Waals surface area contributed by atoms with Gasteiger partial charge in [0.25, 0.3) is 0 Å². The van der Waals surface area contributed by atoms with Crippen LogP contribution < -0.4 is 0 Å². The van der Waals surface area contributed by atoms with Crippen molar-refractivity contribution in [1.82, 2.24) is 0 Å². The van der Waals surface area contributed by atoms with Gasteiger partial charge in [-0.25, -0.2) is 0 Å². The summed E-state index contributed by atoms with van der Waals surface area (Å²) in [5.74, 6) is 0. The Labute approximate surface area is 556 Å². The minimum absolute atomic E-state index is 0.393. The lowest BCUT2D eigenvalue weighted by atomic mass is 9.93. The minimum Gasteiger partial charge on any atom is -0.0784 e. The topological polar surface area (TPSA) is 0 Å². The van der Waals surface area contributed by atoms with E-state index in [1.807, 2.05) is 12.1 Å². The van der Waals surface area contributed by atoms with E-state index in [1.165, 1.54) is 9.79 Å². The highest BCUT2D eigenvalue weighted by molar-refractivity contribution is 8.77. The zero-order valence-corrected chi connectivity index (χ0v) is 56.7. The van der Waals surface area contributed by atoms with E-state index in [0.717, 1.165) is 0 Å². The summed E-state index contributed by atoms with van der Waals surface area (Å²) in [6, 6.07) is 20.8. The Balaban J connectivity index is 0.000000736. The molecule has 0 heterocycles. The maximum atomic E-state index is 6.52. The van der Waals surface area contributed by atoms with Gasteiger partial charge in [0.2, 0.25) is 37.9 Å². The van der Waals surface area contributed by atoms with E-state index in [4.69, 9.17) is 348 Å². The van der Waals surface area contributed by atoms with E-state index in [1.54, 1.807) is 21.6 Å². The molecule has 4 rings (SSSR count). The largest absolute Gasteiger partial charge is 0.217 e. The van der Waals surface area contributed by atoms with Crippen LogP contribution >= 0.6 is 391 Å². The van der Waals surface area contributed by atoms with Gasteiger partial charge in [0.05, 0.1) is 0 Å². The van der Waals surface area contributed by atoms with Gasteiger partial charge in [0, 0.05) is 75.2 Å². The molecule has 0 saturated carbocycles. The van der Waals surface area contributed by atoms with Crippen molar-refractivity contribution < 1.29 is 0 Å². The van der Waals surface area contributed by atoms with Crippen LogP contribution in [-0.2, 0) is 37.9 Å². The van der Waals surface area contributed by atoms with Crippen LogP contribution in [0.2, 0.25) is 0 Å². The van der Waals surface area contributed by atoms with Crippen LogP contribution in [0.4, 0.5) is 0 Å². The lowest BCUT2D eigenvalue weighted by molar-refractivity contribution is 0.917. The number of benzene rings is 4. The van der Waals surface area contributed by atoms with Gasteiger partial charge in [-0.3, -0.25) is 0 Å². The van der Waals surface area contributed by atoms with E-state index in [2.05, 4.69) is 48.5 Å². The van der Waals surface area contributed by atoms with E-state index >= 15 is 0 Å². The van der Waals surface area contributed by atoms with Crippen molar-refractivity contribution in [3.8, 4) is 0 Å². The molecule has 0 aliphatic heterocycles. The molecule has 0 aromatic heterocycles. The van der Waals surface area contributed by atoms with Gasteiger partial charge in [-0.05, 0) is 24.3 Å². The third-order valence-corrected chi connectivity index (χ3v) is 18.2. The van der Waals surface area contributed by atoms with Crippen molar-refractivity contribution in [2.45, 2.75) is 57.5 Å². The highest BCUT2D eigenvalue weighted by atomic mass is 35.6. The molecular formula is C34H10Cl30S4. The summed E-state index contributed by atoms with van der Waals surface area (Å²) >= 11 is 194. The molecule has 0 nitrogen and oxygen atoms in total. The van der Waals surface area contributed by atoms with Gasteiger partial charge in [-0.15, -0.1) is 0 Å². The zero-order chi connectivity index (χ0) is 53.0. The third-order valence-electron chi connectivity index (χ3n) is 7.67. The standard InChI is InChI=1S/C22Cl30S2.C12H10S2/c23-13(24,25)1-3(15(29,30)31)7(19(41,42)43)11(8(20(44,45)46)4(1)16(32,33)34)53-54-12-9(21(47,48)49)5(17(35,36)37)2(14(26,27)28)6(18(38,39)40)10(12)22(50,51)52;1-3-7-11(8-4-1)13-14-12-9-5-2-6-10-12/h;1-10H. The Kier molecular flexibility index (Phi) is 26.5. The second-order valence-electron chi connectivity index (χ2n) is 12.3. The molecule has 34 heteroatoms. The average molecular weight is 1610 g/mol. The van der Waals surface area contributed by atoms with Crippen LogP contribution in [0.3, 0.4) is 0 Å². The first kappa shape index (κ1) is 69.2. The Bertz CT molecular complexity index is 2110. The molecule has 0 atom stereocenters. The van der Waals surface area contributed by atoms with Crippen LogP contribution in [0.5, 0.6) is 0 Å². The summed E-state index contributed by atoms with van der Waals surface area (Å²) in [4.78, 5) is 1.56. The van der Waals surface area contributed by atoms with Gasteiger partial charge in [0.1, 0.15) is 0 Å². The normalized spacial score (nSPS) is 14.0. The summed E-state index contributed by atoms with van der Waals surface area (Å²) in [6.45, 7) is 0. The number of halogens is 30. The van der Waals surface area contributed by atoms with Crippen molar-refractivity contribution in [3.05, 3.63) is 116 Å². The predicted octanol–water partition coefficient (Wildman–Crippen LogP) is 27.2. The molecule has 0 aliphatic rings. The van der Waals surface area contributed by atoms with E-state index in [0.29, 0.717) is 21.6 Å². The van der Waals surface area contributed by atoms with Crippen molar-refractivity contribution in [3.63, 3.8) is 0 Å². The molecule has 68 heavy (non-hydrogen) atoms. The van der Waals surface area contributed by atoms with Gasteiger partial charge >= 0.3 is 0 Å².